The number of pyridine rings is 1. The molecule has 4 heterocycles. The number of halogens is 3. The highest BCUT2D eigenvalue weighted by Crippen LogP contribution is 2.42. The molecule has 44 heavy (non-hydrogen) atoms. The minimum atomic E-state index is -4.68. The van der Waals surface area contributed by atoms with Gasteiger partial charge in [-0.3, -0.25) is 4.90 Å². The molecular formula is C32H31F3N4O5. The first-order chi connectivity index (χ1) is 21.2. The van der Waals surface area contributed by atoms with E-state index in [2.05, 4.69) is 15.0 Å². The molecule has 1 N–H and O–H groups in total. The number of aromatic carboxylic acids is 1. The number of benzene rings is 2. The average Bonchev–Trinajstić information content (AvgIpc) is 3.71. The summed E-state index contributed by atoms with van der Waals surface area (Å²) < 4.78 is 60.8. The monoisotopic (exact) mass is 608 g/mol. The molecular weight excluding hydrogens is 577 g/mol. The highest BCUT2D eigenvalue weighted by molar-refractivity contribution is 5.90. The molecule has 0 saturated carbocycles. The smallest absolute Gasteiger partial charge is 0.419 e. The van der Waals surface area contributed by atoms with Crippen molar-refractivity contribution in [3.8, 4) is 28.7 Å². The van der Waals surface area contributed by atoms with Gasteiger partial charge in [0.05, 0.1) is 31.2 Å². The van der Waals surface area contributed by atoms with Gasteiger partial charge < -0.3 is 19.3 Å². The van der Waals surface area contributed by atoms with Crippen LogP contribution < -0.4 is 9.47 Å². The normalized spacial score (nSPS) is 17.0. The standard InChI is InChI=1S/C32H31F3N4O5/c1-19-21(10-9-20-16-38(13-11-23(19)20)22-12-14-43-18-22)17-44-29-24(5-3-6-26(29)32(33,34)35)27-7-4-8-28(37-27)39-30(42-2)25(15-36-39)31(40)41/h3-10,15,22H,11-14,16-18H2,1-2H3,(H,40,41). The molecule has 6 rings (SSSR count). The van der Waals surface area contributed by atoms with E-state index in [4.69, 9.17) is 14.2 Å². The Labute approximate surface area is 251 Å². The number of carboxylic acids is 1. The van der Waals surface area contributed by atoms with Crippen molar-refractivity contribution >= 4 is 5.97 Å². The summed E-state index contributed by atoms with van der Waals surface area (Å²) in [5, 5.41) is 13.5. The molecule has 0 aliphatic carbocycles. The zero-order valence-corrected chi connectivity index (χ0v) is 24.2. The molecule has 0 amide bonds. The lowest BCUT2D eigenvalue weighted by molar-refractivity contribution is -0.139. The molecule has 2 aliphatic rings. The second kappa shape index (κ2) is 11.9. The minimum Gasteiger partial charge on any atom is -0.488 e. The van der Waals surface area contributed by atoms with Crippen LogP contribution in [0.4, 0.5) is 13.2 Å². The largest absolute Gasteiger partial charge is 0.488 e. The Hall–Kier alpha value is -4.42. The van der Waals surface area contributed by atoms with Crippen molar-refractivity contribution in [2.75, 3.05) is 26.9 Å². The molecule has 12 heteroatoms. The number of ether oxygens (including phenoxy) is 3. The molecule has 0 radical (unpaired) electrons. The average molecular weight is 609 g/mol. The van der Waals surface area contributed by atoms with Gasteiger partial charge in [-0.1, -0.05) is 24.3 Å². The minimum absolute atomic E-state index is 0.0615. The second-order valence-electron chi connectivity index (χ2n) is 10.9. The third-order valence-electron chi connectivity index (χ3n) is 8.32. The summed E-state index contributed by atoms with van der Waals surface area (Å²) in [5.74, 6) is -1.48. The maximum atomic E-state index is 14.3. The topological polar surface area (TPSA) is 98.9 Å². The number of hydrogen-bond donors (Lipinski definition) is 1. The Morgan fingerprint density at radius 1 is 1.16 bits per heavy atom. The molecule has 2 aromatic heterocycles. The fourth-order valence-electron chi connectivity index (χ4n) is 5.99. The van der Waals surface area contributed by atoms with E-state index in [-0.39, 0.29) is 40.9 Å². The number of hydrogen-bond acceptors (Lipinski definition) is 7. The second-order valence-corrected chi connectivity index (χ2v) is 10.9. The number of alkyl halides is 3. The summed E-state index contributed by atoms with van der Waals surface area (Å²) in [6, 6.07) is 12.9. The number of methoxy groups -OCH3 is 1. The van der Waals surface area contributed by atoms with E-state index in [0.29, 0.717) is 6.04 Å². The van der Waals surface area contributed by atoms with Crippen LogP contribution in [0.1, 0.15) is 44.6 Å². The quantitative estimate of drug-likeness (QED) is 0.272. The molecule has 2 aliphatic heterocycles. The van der Waals surface area contributed by atoms with Gasteiger partial charge in [-0.2, -0.15) is 23.0 Å². The Morgan fingerprint density at radius 2 is 1.98 bits per heavy atom. The zero-order chi connectivity index (χ0) is 31.0. The van der Waals surface area contributed by atoms with Crippen molar-refractivity contribution in [3.63, 3.8) is 0 Å². The van der Waals surface area contributed by atoms with E-state index >= 15 is 0 Å². The van der Waals surface area contributed by atoms with Gasteiger partial charge in [0, 0.05) is 31.3 Å². The van der Waals surface area contributed by atoms with Gasteiger partial charge in [-0.15, -0.1) is 0 Å². The number of rotatable bonds is 8. The van der Waals surface area contributed by atoms with Crippen LogP contribution in [0.15, 0.2) is 54.7 Å². The van der Waals surface area contributed by atoms with Crippen LogP contribution in [0.5, 0.6) is 11.6 Å². The molecule has 230 valence electrons. The molecule has 0 spiro atoms. The van der Waals surface area contributed by atoms with Crippen LogP contribution >= 0.6 is 0 Å². The van der Waals surface area contributed by atoms with Crippen LogP contribution in [0.2, 0.25) is 0 Å². The highest BCUT2D eigenvalue weighted by Gasteiger charge is 2.36. The number of nitrogens with zero attached hydrogens (tertiary/aromatic N) is 4. The van der Waals surface area contributed by atoms with Crippen LogP contribution in [-0.2, 0) is 30.5 Å². The van der Waals surface area contributed by atoms with Crippen molar-refractivity contribution in [3.05, 3.63) is 88.1 Å². The van der Waals surface area contributed by atoms with Crippen LogP contribution in [0.3, 0.4) is 0 Å². The molecule has 2 aromatic carbocycles. The van der Waals surface area contributed by atoms with Gasteiger partial charge >= 0.3 is 12.1 Å². The summed E-state index contributed by atoms with van der Waals surface area (Å²) in [4.78, 5) is 18.5. The van der Waals surface area contributed by atoms with E-state index in [1.807, 2.05) is 19.1 Å². The third kappa shape index (κ3) is 5.62. The molecule has 1 unspecified atom stereocenters. The summed E-state index contributed by atoms with van der Waals surface area (Å²) >= 11 is 0. The van der Waals surface area contributed by atoms with Crippen molar-refractivity contribution in [2.45, 2.75) is 45.1 Å². The van der Waals surface area contributed by atoms with Gasteiger partial charge in [0.15, 0.2) is 5.82 Å². The molecule has 1 fully saturated rings. The van der Waals surface area contributed by atoms with Gasteiger partial charge in [0.2, 0.25) is 5.88 Å². The Bertz CT molecular complexity index is 1700. The number of aromatic nitrogens is 3. The van der Waals surface area contributed by atoms with Crippen molar-refractivity contribution in [1.29, 1.82) is 0 Å². The van der Waals surface area contributed by atoms with Gasteiger partial charge in [0.25, 0.3) is 0 Å². The Morgan fingerprint density at radius 3 is 2.70 bits per heavy atom. The van der Waals surface area contributed by atoms with E-state index < -0.39 is 17.7 Å². The third-order valence-corrected chi connectivity index (χ3v) is 8.32. The zero-order valence-electron chi connectivity index (χ0n) is 24.2. The summed E-state index contributed by atoms with van der Waals surface area (Å²) in [7, 11) is 1.30. The molecule has 4 aromatic rings. The summed E-state index contributed by atoms with van der Waals surface area (Å²) in [5.41, 5.74) is 3.51. The van der Waals surface area contributed by atoms with E-state index in [9.17, 15) is 23.1 Å². The number of carbonyl (C=O) groups is 1. The van der Waals surface area contributed by atoms with Gasteiger partial charge in [-0.25, -0.2) is 9.78 Å². The van der Waals surface area contributed by atoms with Crippen LogP contribution in [0, 0.1) is 6.92 Å². The van der Waals surface area contributed by atoms with Crippen molar-refractivity contribution in [1.82, 2.24) is 19.7 Å². The van der Waals surface area contributed by atoms with Gasteiger partial charge in [0.1, 0.15) is 17.9 Å². The van der Waals surface area contributed by atoms with Crippen molar-refractivity contribution < 1.29 is 37.3 Å². The first-order valence-corrected chi connectivity index (χ1v) is 14.2. The Balaban J connectivity index is 1.32. The van der Waals surface area contributed by atoms with Crippen molar-refractivity contribution in [2.24, 2.45) is 0 Å². The molecule has 9 nitrogen and oxygen atoms in total. The molecule has 1 atom stereocenters. The van der Waals surface area contributed by atoms with Crippen LogP contribution in [-0.4, -0.2) is 63.7 Å². The lowest BCUT2D eigenvalue weighted by Gasteiger charge is -2.34. The first kappa shape index (κ1) is 29.6. The predicted octanol–water partition coefficient (Wildman–Crippen LogP) is 5.69. The van der Waals surface area contributed by atoms with E-state index in [1.54, 1.807) is 18.2 Å². The lowest BCUT2D eigenvalue weighted by Crippen LogP contribution is -2.39. The predicted molar refractivity (Wildman–Crippen MR) is 154 cm³/mol. The number of para-hydroxylation sites is 1. The maximum Gasteiger partial charge on any atom is 0.419 e. The van der Waals surface area contributed by atoms with Gasteiger partial charge in [-0.05, 0) is 66.3 Å². The summed E-state index contributed by atoms with van der Waals surface area (Å²) in [6.45, 7) is 5.20. The number of fused-ring (bicyclic) bond motifs is 1. The molecule has 1 saturated heterocycles. The highest BCUT2D eigenvalue weighted by atomic mass is 19.4. The van der Waals surface area contributed by atoms with E-state index in [0.717, 1.165) is 62.5 Å². The fraction of sp³-hybridized carbons (Fsp3) is 0.344. The Kier molecular flexibility index (Phi) is 8.04. The molecule has 0 bridgehead atoms. The maximum absolute atomic E-state index is 14.3. The SMILES string of the molecule is COc1c(C(=O)O)cnn1-c1cccc(-c2cccc(C(F)(F)F)c2OCc2ccc3c(c2C)CCN(C2CCOC2)C3)n1. The summed E-state index contributed by atoms with van der Waals surface area (Å²) in [6.07, 6.45) is -1.68. The first-order valence-electron chi connectivity index (χ1n) is 14.2. The number of carboxylic acid groups (broad SMARTS) is 1. The fourth-order valence-corrected chi connectivity index (χ4v) is 5.99. The van der Waals surface area contributed by atoms with E-state index in [1.165, 1.54) is 35.1 Å². The van der Waals surface area contributed by atoms with Crippen LogP contribution in [0.25, 0.3) is 17.1 Å². The lowest BCUT2D eigenvalue weighted by atomic mass is 9.91.